The number of benzene rings is 2. The summed E-state index contributed by atoms with van der Waals surface area (Å²) in [6.07, 6.45) is 5.30. The van der Waals surface area contributed by atoms with Gasteiger partial charge in [0, 0.05) is 37.3 Å². The molecule has 0 unspecified atom stereocenters. The normalized spacial score (nSPS) is 12.6. The van der Waals surface area contributed by atoms with Gasteiger partial charge in [0.25, 0.3) is 5.91 Å². The van der Waals surface area contributed by atoms with E-state index in [2.05, 4.69) is 0 Å². The lowest BCUT2D eigenvalue weighted by atomic mass is 9.94. The first-order valence-electron chi connectivity index (χ1n) is 9.09. The van der Waals surface area contributed by atoms with E-state index in [-0.39, 0.29) is 11.7 Å². The molecule has 0 spiro atoms. The van der Waals surface area contributed by atoms with Crippen molar-refractivity contribution in [2.75, 3.05) is 19.0 Å². The van der Waals surface area contributed by atoms with Crippen molar-refractivity contribution < 1.29 is 14.8 Å². The molecule has 0 bridgehead atoms. The predicted octanol–water partition coefficient (Wildman–Crippen LogP) is 3.80. The van der Waals surface area contributed by atoms with Crippen molar-refractivity contribution in [2.45, 2.75) is 13.3 Å². The molecule has 0 aliphatic carbocycles. The number of amides is 1. The summed E-state index contributed by atoms with van der Waals surface area (Å²) in [6.45, 7) is 1.84. The molecule has 0 aromatic heterocycles. The molecule has 0 aliphatic rings. The summed E-state index contributed by atoms with van der Waals surface area (Å²) in [5, 5.41) is 8.69. The first kappa shape index (κ1) is 21.1. The number of hydrogen-bond donors (Lipinski definition) is 2. The van der Waals surface area contributed by atoms with Crippen LogP contribution in [0.5, 0.6) is 0 Å². The van der Waals surface area contributed by atoms with Crippen molar-refractivity contribution in [1.82, 2.24) is 5.48 Å². The quantitative estimate of drug-likeness (QED) is 0.241. The van der Waals surface area contributed by atoms with Crippen LogP contribution in [0, 0.1) is 5.92 Å². The Morgan fingerprint density at radius 2 is 1.68 bits per heavy atom. The van der Waals surface area contributed by atoms with Crippen LogP contribution in [0.15, 0.2) is 78.4 Å². The number of ketones is 1. The monoisotopic (exact) mass is 378 g/mol. The molecular weight excluding hydrogens is 352 g/mol. The highest BCUT2D eigenvalue weighted by atomic mass is 16.5. The van der Waals surface area contributed by atoms with Crippen LogP contribution in [0.2, 0.25) is 0 Å². The van der Waals surface area contributed by atoms with Crippen LogP contribution in [-0.2, 0) is 11.2 Å². The molecule has 0 saturated heterocycles. The van der Waals surface area contributed by atoms with Gasteiger partial charge in [-0.3, -0.25) is 14.8 Å². The lowest BCUT2D eigenvalue weighted by Crippen LogP contribution is -2.15. The van der Waals surface area contributed by atoms with Crippen molar-refractivity contribution >= 4 is 17.4 Å². The third kappa shape index (κ3) is 6.21. The first-order chi connectivity index (χ1) is 13.4. The minimum atomic E-state index is -0.614. The van der Waals surface area contributed by atoms with E-state index < -0.39 is 5.91 Å². The van der Waals surface area contributed by atoms with Crippen molar-refractivity contribution in [3.8, 4) is 0 Å². The van der Waals surface area contributed by atoms with Crippen molar-refractivity contribution in [3.63, 3.8) is 0 Å². The Hall–Kier alpha value is -3.18. The minimum Gasteiger partial charge on any atom is -0.378 e. The van der Waals surface area contributed by atoms with Crippen LogP contribution in [0.4, 0.5) is 5.69 Å². The van der Waals surface area contributed by atoms with Gasteiger partial charge in [-0.05, 0) is 41.8 Å². The van der Waals surface area contributed by atoms with E-state index in [0.29, 0.717) is 12.0 Å². The van der Waals surface area contributed by atoms with Crippen LogP contribution in [0.1, 0.15) is 22.8 Å². The highest BCUT2D eigenvalue weighted by Crippen LogP contribution is 2.18. The number of nitrogens with zero attached hydrogens (tertiary/aromatic N) is 1. The van der Waals surface area contributed by atoms with E-state index in [4.69, 9.17) is 5.21 Å². The second kappa shape index (κ2) is 10.2. The Bertz CT molecular complexity index is 853. The maximum absolute atomic E-state index is 12.8. The first-order valence-corrected chi connectivity index (χ1v) is 9.09. The Labute approximate surface area is 166 Å². The molecule has 0 saturated carbocycles. The maximum Gasteiger partial charge on any atom is 0.267 e. The van der Waals surface area contributed by atoms with Crippen LogP contribution in [0.25, 0.3) is 0 Å². The van der Waals surface area contributed by atoms with E-state index in [1.807, 2.05) is 86.6 Å². The van der Waals surface area contributed by atoms with Gasteiger partial charge < -0.3 is 4.90 Å². The molecule has 2 rings (SSSR count). The fourth-order valence-corrected chi connectivity index (χ4v) is 2.81. The Balaban J connectivity index is 2.23. The van der Waals surface area contributed by atoms with Crippen LogP contribution in [0.3, 0.4) is 0 Å². The summed E-state index contributed by atoms with van der Waals surface area (Å²) < 4.78 is 0. The zero-order valence-electron chi connectivity index (χ0n) is 16.4. The van der Waals surface area contributed by atoms with Crippen molar-refractivity contribution in [2.24, 2.45) is 5.92 Å². The third-order valence-corrected chi connectivity index (χ3v) is 4.36. The number of hydrogen-bond acceptors (Lipinski definition) is 4. The zero-order valence-corrected chi connectivity index (χ0v) is 16.4. The molecular formula is C23H26N2O3. The van der Waals surface area contributed by atoms with E-state index in [0.717, 1.165) is 16.8 Å². The molecule has 5 nitrogen and oxygen atoms in total. The maximum atomic E-state index is 12.8. The van der Waals surface area contributed by atoms with E-state index in [1.165, 1.54) is 6.08 Å². The smallest absolute Gasteiger partial charge is 0.267 e. The molecule has 0 heterocycles. The molecule has 146 valence electrons. The van der Waals surface area contributed by atoms with E-state index in [1.54, 1.807) is 11.6 Å². The summed E-state index contributed by atoms with van der Waals surface area (Å²) in [7, 11) is 3.90. The molecule has 0 radical (unpaired) electrons. The number of Topliss-reactive ketones (excluding diaryl/α,β-unsaturated/α-hetero) is 1. The molecule has 2 aromatic rings. The average Bonchev–Trinajstić information content (AvgIpc) is 2.71. The van der Waals surface area contributed by atoms with Gasteiger partial charge in [-0.1, -0.05) is 49.4 Å². The van der Waals surface area contributed by atoms with Gasteiger partial charge in [0.2, 0.25) is 0 Å². The van der Waals surface area contributed by atoms with Gasteiger partial charge in [-0.25, -0.2) is 5.48 Å². The number of carbonyl (C=O) groups excluding carboxylic acids is 2. The number of nitrogens with one attached hydrogen (secondary N) is 1. The summed E-state index contributed by atoms with van der Waals surface area (Å²) in [5.74, 6) is -0.959. The largest absolute Gasteiger partial charge is 0.378 e. The molecule has 1 amide bonds. The average molecular weight is 378 g/mol. The molecule has 5 heteroatoms. The second-order valence-corrected chi connectivity index (χ2v) is 6.81. The van der Waals surface area contributed by atoms with Gasteiger partial charge >= 0.3 is 0 Å². The number of hydroxylamine groups is 1. The van der Waals surface area contributed by atoms with Crippen LogP contribution in [-0.4, -0.2) is 31.0 Å². The summed E-state index contributed by atoms with van der Waals surface area (Å²) in [5.41, 5.74) is 5.14. The lowest BCUT2D eigenvalue weighted by Gasteiger charge is -2.13. The van der Waals surface area contributed by atoms with Crippen molar-refractivity contribution in [3.05, 3.63) is 89.5 Å². The van der Waals surface area contributed by atoms with Crippen LogP contribution < -0.4 is 10.4 Å². The van der Waals surface area contributed by atoms with Crippen molar-refractivity contribution in [1.29, 1.82) is 0 Å². The molecule has 2 aromatic carbocycles. The number of allylic oxidation sites excluding steroid dienone is 3. The van der Waals surface area contributed by atoms with E-state index in [9.17, 15) is 9.59 Å². The standard InChI is InChI=1S/C23H26N2O3/c1-17(23(27)20-10-12-21(13-11-20)25(2)3)15-19(9-14-22(26)24-28)16-18-7-5-4-6-8-18/h4-15,17,28H,16H2,1-3H3,(H,24,26)/b14-9+,19-15-/t17-/m1/s1. The highest BCUT2D eigenvalue weighted by molar-refractivity contribution is 5.99. The highest BCUT2D eigenvalue weighted by Gasteiger charge is 2.14. The number of anilines is 1. The van der Waals surface area contributed by atoms with Gasteiger partial charge in [0.15, 0.2) is 5.78 Å². The van der Waals surface area contributed by atoms with Gasteiger partial charge in [0.05, 0.1) is 0 Å². The molecule has 0 aliphatic heterocycles. The summed E-state index contributed by atoms with van der Waals surface area (Å²) in [6, 6.07) is 17.3. The Morgan fingerprint density at radius 3 is 2.25 bits per heavy atom. The van der Waals surface area contributed by atoms with Gasteiger partial charge in [-0.15, -0.1) is 0 Å². The van der Waals surface area contributed by atoms with Gasteiger partial charge in [-0.2, -0.15) is 0 Å². The summed E-state index contributed by atoms with van der Waals surface area (Å²) in [4.78, 5) is 26.1. The van der Waals surface area contributed by atoms with E-state index >= 15 is 0 Å². The number of carbonyl (C=O) groups is 2. The molecule has 2 N–H and O–H groups in total. The topological polar surface area (TPSA) is 69.6 Å². The fourth-order valence-electron chi connectivity index (χ4n) is 2.81. The number of rotatable bonds is 8. The zero-order chi connectivity index (χ0) is 20.5. The van der Waals surface area contributed by atoms with Gasteiger partial charge in [0.1, 0.15) is 0 Å². The van der Waals surface area contributed by atoms with Crippen LogP contribution >= 0.6 is 0 Å². The third-order valence-electron chi connectivity index (χ3n) is 4.36. The minimum absolute atomic E-state index is 0.0101. The SMILES string of the molecule is C[C@H](/C=C(/C=C/C(=O)NO)Cc1ccccc1)C(=O)c1ccc(N(C)C)cc1. The molecule has 28 heavy (non-hydrogen) atoms. The fraction of sp³-hybridized carbons (Fsp3) is 0.217. The second-order valence-electron chi connectivity index (χ2n) is 6.81. The molecule has 0 fully saturated rings. The Morgan fingerprint density at radius 1 is 1.04 bits per heavy atom. The molecule has 1 atom stereocenters. The predicted molar refractivity (Wildman–Crippen MR) is 112 cm³/mol. The summed E-state index contributed by atoms with van der Waals surface area (Å²) >= 11 is 0. The Kier molecular flexibility index (Phi) is 7.72. The lowest BCUT2D eigenvalue weighted by molar-refractivity contribution is -0.124.